The third kappa shape index (κ3) is 18.3. The number of carbonyl (C=O) groups is 8. The van der Waals surface area contributed by atoms with E-state index in [9.17, 15) is 79.2 Å². The van der Waals surface area contributed by atoms with Crippen molar-refractivity contribution in [1.82, 2.24) is 55.9 Å². The molecule has 0 radical (unpaired) electrons. The number of nitrogens with two attached hydrogens (primary N) is 1. The second-order valence-electron chi connectivity index (χ2n) is 24.5. The number of rotatable bonds is 22. The molecule has 5 aromatic rings. The number of phenols is 1. The smallest absolute Gasteiger partial charge is 0.261 e. The number of ether oxygens (including phenoxy) is 1. The van der Waals surface area contributed by atoms with Gasteiger partial charge in [-0.25, -0.2) is 14.8 Å². The molecule has 0 bridgehead atoms. The summed E-state index contributed by atoms with van der Waals surface area (Å²) >= 11 is 1.34. The summed E-state index contributed by atoms with van der Waals surface area (Å²) in [6, 6.07) is 4.37. The number of hydrogen-bond acceptors (Lipinski definition) is 26. The lowest BCUT2D eigenvalue weighted by Gasteiger charge is -2.34. The van der Waals surface area contributed by atoms with Crippen LogP contribution in [-0.2, 0) is 42.9 Å². The molecule has 4 fully saturated rings. The molecule has 0 aliphatic carbocycles. The predicted molar refractivity (Wildman–Crippen MR) is 342 cm³/mol. The Morgan fingerprint density at radius 1 is 0.794 bits per heavy atom. The Balaban J connectivity index is 0.945. The number of aromatic hydroxyl groups is 1. The van der Waals surface area contributed by atoms with Gasteiger partial charge >= 0.3 is 0 Å². The Morgan fingerprint density at radius 2 is 1.48 bits per heavy atom. The van der Waals surface area contributed by atoms with Crippen molar-refractivity contribution < 1.29 is 103 Å². The maximum Gasteiger partial charge on any atom is 0.261 e. The molecule has 14 unspecified atom stereocenters. The SMILES string of the molecule is CC(O)C1NC(=O)C(NC(=O)c2ccc(-c3cn4nc(-c5ccc(OCCCCCN6CCCCC6)cc5)sc4n3)cc2)CC(O)CNC(=O)C2C(O)C(C)CN2C(=O)C(C(O)CC(N)=O)NC(=O)C(C(O)C(O)c2ccc(O)c(OSOOO)c2)NC(=O)C2CC(O)CN2C1=O. The fourth-order valence-electron chi connectivity index (χ4n) is 12.1. The maximum absolute atomic E-state index is 14.7. The van der Waals surface area contributed by atoms with Crippen LogP contribution in [0, 0.1) is 5.92 Å². The molecule has 33 nitrogen and oxygen atoms in total. The third-order valence-electron chi connectivity index (χ3n) is 17.4. The Morgan fingerprint density at radius 3 is 2.18 bits per heavy atom. The highest BCUT2D eigenvalue weighted by atomic mass is 32.2. The number of carbonyl (C=O) groups excluding carboxylic acids is 8. The molecule has 9 rings (SSSR count). The average molecular weight is 1390 g/mol. The van der Waals surface area contributed by atoms with E-state index in [4.69, 9.17) is 30.0 Å². The maximum atomic E-state index is 14.7. The zero-order valence-electron chi connectivity index (χ0n) is 52.8. The summed E-state index contributed by atoms with van der Waals surface area (Å²) in [4.78, 5) is 123. The van der Waals surface area contributed by atoms with Crippen molar-refractivity contribution in [1.29, 1.82) is 0 Å². The lowest BCUT2D eigenvalue weighted by molar-refractivity contribution is -0.433. The largest absolute Gasteiger partial charge is 0.504 e. The number of likely N-dealkylation sites (tertiary alicyclic amines) is 1. The number of amides is 8. The lowest BCUT2D eigenvalue weighted by Crippen LogP contribution is -2.64. The summed E-state index contributed by atoms with van der Waals surface area (Å²) in [6.45, 7) is 4.84. The number of nitrogens with zero attached hydrogens (tertiary/aromatic N) is 6. The number of aliphatic hydroxyl groups is 7. The second-order valence-corrected chi connectivity index (χ2v) is 25.9. The van der Waals surface area contributed by atoms with E-state index in [2.05, 4.69) is 40.9 Å². The minimum atomic E-state index is -2.53. The summed E-state index contributed by atoms with van der Waals surface area (Å²) in [5.74, 6) is -11.2. The van der Waals surface area contributed by atoms with E-state index in [0.29, 0.717) is 27.8 Å². The number of β-amino-alcohol motifs (C(OH)–C–C–N with tert-alkyl or cyclic N) is 1. The van der Waals surface area contributed by atoms with Gasteiger partial charge in [-0.2, -0.15) is 5.10 Å². The van der Waals surface area contributed by atoms with Crippen molar-refractivity contribution in [2.45, 2.75) is 151 Å². The van der Waals surface area contributed by atoms with Crippen LogP contribution in [0.25, 0.3) is 26.8 Å². The van der Waals surface area contributed by atoms with E-state index < -0.39 is 183 Å². The molecule has 6 heterocycles. The molecular weight excluding hydrogens is 1310 g/mol. The average Bonchev–Trinajstić information content (AvgIpc) is 1.73. The minimum absolute atomic E-state index is 0.00967. The van der Waals surface area contributed by atoms with Crippen molar-refractivity contribution in [2.24, 2.45) is 11.7 Å². The number of phenolic OH excluding ortho intramolecular Hbond substituents is 1. The van der Waals surface area contributed by atoms with Crippen molar-refractivity contribution in [3.63, 3.8) is 0 Å². The number of fused-ring (bicyclic) bond motifs is 3. The van der Waals surface area contributed by atoms with Crippen LogP contribution in [0.4, 0.5) is 0 Å². The number of aromatic nitrogens is 3. The zero-order chi connectivity index (χ0) is 69.8. The van der Waals surface area contributed by atoms with Gasteiger partial charge in [0.05, 0.1) is 55.4 Å². The van der Waals surface area contributed by atoms with Gasteiger partial charge in [0.15, 0.2) is 11.5 Å². The van der Waals surface area contributed by atoms with E-state index >= 15 is 0 Å². The van der Waals surface area contributed by atoms with Gasteiger partial charge in [-0.1, -0.05) is 52.3 Å². The molecule has 8 amide bonds. The van der Waals surface area contributed by atoms with Crippen LogP contribution in [0.1, 0.15) is 93.7 Å². The molecule has 4 aliphatic heterocycles. The van der Waals surface area contributed by atoms with Crippen LogP contribution in [0.15, 0.2) is 72.9 Å². The molecular formula is C62H80N12O21S2. The number of primary amides is 1. The molecule has 4 aliphatic rings. The molecule has 4 saturated heterocycles. The quantitative estimate of drug-likeness (QED) is 0.0163. The van der Waals surface area contributed by atoms with Crippen LogP contribution in [0.5, 0.6) is 17.2 Å². The Bertz CT molecular complexity index is 3550. The topological polar surface area (TPSA) is 482 Å². The lowest BCUT2D eigenvalue weighted by atomic mass is 9.96. The van der Waals surface area contributed by atoms with Gasteiger partial charge in [0.2, 0.25) is 46.3 Å². The summed E-state index contributed by atoms with van der Waals surface area (Å²) in [6.07, 6.45) is -7.33. The van der Waals surface area contributed by atoms with Gasteiger partial charge in [-0.15, -0.1) is 0 Å². The first-order chi connectivity index (χ1) is 46.4. The van der Waals surface area contributed by atoms with Crippen molar-refractivity contribution in [3.05, 3.63) is 84.1 Å². The third-order valence-corrected chi connectivity index (χ3v) is 18.7. The Labute approximate surface area is 563 Å². The number of aliphatic hydroxyl groups excluding tert-OH is 7. The standard InChI is InChI=1S/C62H80N12O21S2/c1-31-28-73-50(51(31)81)58(88)64-27-37(76)24-40(65-54(84)34-11-9-33(10-12-34)41-30-74-62(66-41)96-59(70-74)35-13-16-39(17-14-35)92-22-8-4-7-21-71-19-5-3-6-20-71)55(85)67-47(32(2)75)60(89)72-29-38(77)25-42(72)56(86)69-49(57(87)68-48(61(73)90)44(79)26-46(63)80)53(83)52(82)36-15-18-43(78)45(23-36)93-97-95-94-91/h9-18,23,30-32,37-38,40,42,44,47-53,75-79,81-83,91H,3-8,19-22,24-29H2,1-2H3,(H2,63,80)(H,64,88)(H,65,84)(H,67,85)(H,68,87)(H,69,86). The first-order valence-electron chi connectivity index (χ1n) is 31.6. The normalized spacial score (nSPS) is 25.5. The van der Waals surface area contributed by atoms with Crippen LogP contribution < -0.4 is 41.2 Å². The van der Waals surface area contributed by atoms with E-state index in [1.54, 1.807) is 22.8 Å². The summed E-state index contributed by atoms with van der Waals surface area (Å²) < 4.78 is 16.9. The highest BCUT2D eigenvalue weighted by molar-refractivity contribution is 7.90. The molecule has 97 heavy (non-hydrogen) atoms. The number of piperidine rings is 1. The van der Waals surface area contributed by atoms with Gasteiger partial charge in [0, 0.05) is 55.1 Å². The van der Waals surface area contributed by atoms with E-state index in [1.165, 1.54) is 62.7 Å². The fraction of sp³-hybridized carbons (Fsp3) is 0.516. The summed E-state index contributed by atoms with van der Waals surface area (Å²) in [7, 11) is 0. The van der Waals surface area contributed by atoms with Gasteiger partial charge in [-0.05, 0) is 113 Å². The Hall–Kier alpha value is -8.17. The molecule has 2 aromatic heterocycles. The predicted octanol–water partition coefficient (Wildman–Crippen LogP) is -1.46. The number of hydrogen-bond donors (Lipinski definition) is 15. The molecule has 0 saturated carbocycles. The van der Waals surface area contributed by atoms with Crippen LogP contribution >= 0.6 is 23.7 Å². The van der Waals surface area contributed by atoms with E-state index in [-0.39, 0.29) is 23.5 Å². The fourth-order valence-corrected chi connectivity index (χ4v) is 13.3. The van der Waals surface area contributed by atoms with Crippen LogP contribution in [0.3, 0.4) is 0 Å². The highest BCUT2D eigenvalue weighted by Crippen LogP contribution is 2.35. The second kappa shape index (κ2) is 33.4. The first-order valence-corrected chi connectivity index (χ1v) is 33.1. The highest BCUT2D eigenvalue weighted by Gasteiger charge is 2.50. The van der Waals surface area contributed by atoms with Crippen LogP contribution in [0.2, 0.25) is 0 Å². The van der Waals surface area contributed by atoms with Gasteiger partial charge in [0.1, 0.15) is 59.2 Å². The summed E-state index contributed by atoms with van der Waals surface area (Å²) in [5, 5.41) is 120. The zero-order valence-corrected chi connectivity index (χ0v) is 54.5. The van der Waals surface area contributed by atoms with E-state index in [1.807, 2.05) is 24.3 Å². The molecule has 14 atom stereocenters. The molecule has 16 N–H and O–H groups in total. The van der Waals surface area contributed by atoms with Gasteiger partial charge < -0.3 is 96.8 Å². The number of benzene rings is 3. The molecule has 35 heteroatoms. The Kier molecular flexibility index (Phi) is 25.2. The minimum Gasteiger partial charge on any atom is -0.504 e. The van der Waals surface area contributed by atoms with Crippen molar-refractivity contribution in [3.8, 4) is 39.1 Å². The van der Waals surface area contributed by atoms with Crippen LogP contribution in [-0.4, -0.2) is 241 Å². The van der Waals surface area contributed by atoms with Gasteiger partial charge in [0.25, 0.3) is 18.2 Å². The number of unbranched alkanes of at least 4 members (excludes halogenated alkanes) is 2. The summed E-state index contributed by atoms with van der Waals surface area (Å²) in [5.41, 5.74) is 6.99. The number of nitrogens with one attached hydrogen (secondary N) is 5. The first kappa shape index (κ1) is 73.1. The molecule has 526 valence electrons. The monoisotopic (exact) mass is 1390 g/mol. The number of imidazole rings is 1. The molecule has 3 aromatic carbocycles. The van der Waals surface area contributed by atoms with Crippen molar-refractivity contribution in [2.75, 3.05) is 45.9 Å². The molecule has 0 spiro atoms. The van der Waals surface area contributed by atoms with Gasteiger partial charge in [-0.3, -0.25) is 38.4 Å². The van der Waals surface area contributed by atoms with E-state index in [0.717, 1.165) is 72.0 Å². The van der Waals surface area contributed by atoms with Crippen molar-refractivity contribution >= 4 is 75.9 Å².